The summed E-state index contributed by atoms with van der Waals surface area (Å²) in [6.07, 6.45) is 6.57. The molecule has 0 radical (unpaired) electrons. The number of hydrogen-bond donors (Lipinski definition) is 1. The molecule has 6 heteroatoms. The Bertz CT molecular complexity index is 952. The number of pyridine rings is 1. The van der Waals surface area contributed by atoms with Gasteiger partial charge in [-0.15, -0.1) is 0 Å². The van der Waals surface area contributed by atoms with Gasteiger partial charge >= 0.3 is 0 Å². The summed E-state index contributed by atoms with van der Waals surface area (Å²) in [7, 11) is 0. The molecule has 1 aliphatic rings. The second kappa shape index (κ2) is 8.25. The predicted molar refractivity (Wildman–Crippen MR) is 108 cm³/mol. The molecule has 1 aromatic carbocycles. The van der Waals surface area contributed by atoms with E-state index in [9.17, 15) is 4.79 Å². The van der Waals surface area contributed by atoms with Gasteiger partial charge in [-0.25, -0.2) is 0 Å². The number of anilines is 1. The maximum atomic E-state index is 12.7. The summed E-state index contributed by atoms with van der Waals surface area (Å²) >= 11 is 0. The quantitative estimate of drug-likeness (QED) is 0.666. The van der Waals surface area contributed by atoms with Crippen molar-refractivity contribution >= 4 is 11.6 Å². The van der Waals surface area contributed by atoms with Crippen molar-refractivity contribution in [2.75, 3.05) is 24.5 Å². The van der Waals surface area contributed by atoms with Crippen molar-refractivity contribution in [3.8, 4) is 11.3 Å². The number of carbonyl (C=O) groups excluding carboxylic acids is 1. The SMILES string of the molecule is Cc1onc(-c2ccncc2)c1C(=O)NCCCN1CCCc2ccccc21. The minimum absolute atomic E-state index is 0.149. The summed E-state index contributed by atoms with van der Waals surface area (Å²) in [5.74, 6) is 0.374. The Hall–Kier alpha value is -3.15. The molecule has 3 aromatic rings. The van der Waals surface area contributed by atoms with Gasteiger partial charge in [0.25, 0.3) is 5.91 Å². The Morgan fingerprint density at radius 2 is 2.04 bits per heavy atom. The van der Waals surface area contributed by atoms with E-state index in [1.807, 2.05) is 12.1 Å². The number of amides is 1. The van der Waals surface area contributed by atoms with Crippen LogP contribution in [0.5, 0.6) is 0 Å². The molecule has 0 saturated carbocycles. The van der Waals surface area contributed by atoms with Crippen molar-refractivity contribution < 1.29 is 9.32 Å². The molecule has 0 saturated heterocycles. The topological polar surface area (TPSA) is 71.3 Å². The Labute approximate surface area is 164 Å². The number of carbonyl (C=O) groups is 1. The second-order valence-corrected chi connectivity index (χ2v) is 7.03. The summed E-state index contributed by atoms with van der Waals surface area (Å²) in [6, 6.07) is 12.2. The zero-order valence-electron chi connectivity index (χ0n) is 16.0. The number of hydrogen-bond acceptors (Lipinski definition) is 5. The summed E-state index contributed by atoms with van der Waals surface area (Å²) in [5, 5.41) is 7.08. The lowest BCUT2D eigenvalue weighted by Crippen LogP contribution is -2.33. The van der Waals surface area contributed by atoms with Crippen LogP contribution >= 0.6 is 0 Å². The molecule has 0 bridgehead atoms. The highest BCUT2D eigenvalue weighted by Gasteiger charge is 2.21. The van der Waals surface area contributed by atoms with E-state index in [1.165, 1.54) is 17.7 Å². The molecule has 0 unspecified atom stereocenters. The van der Waals surface area contributed by atoms with Crippen LogP contribution < -0.4 is 10.2 Å². The number of nitrogens with zero attached hydrogens (tertiary/aromatic N) is 3. The highest BCUT2D eigenvalue weighted by Crippen LogP contribution is 2.27. The number of rotatable bonds is 6. The molecule has 1 N–H and O–H groups in total. The van der Waals surface area contributed by atoms with Crippen molar-refractivity contribution in [3.63, 3.8) is 0 Å². The van der Waals surface area contributed by atoms with Crippen LogP contribution in [0.15, 0.2) is 53.3 Å². The van der Waals surface area contributed by atoms with Crippen LogP contribution in [0.3, 0.4) is 0 Å². The third kappa shape index (κ3) is 3.76. The summed E-state index contributed by atoms with van der Waals surface area (Å²) in [5.41, 5.74) is 4.62. The van der Waals surface area contributed by atoms with Gasteiger partial charge in [-0.05, 0) is 49.9 Å². The van der Waals surface area contributed by atoms with Gasteiger partial charge < -0.3 is 14.7 Å². The highest BCUT2D eigenvalue weighted by molar-refractivity contribution is 6.00. The van der Waals surface area contributed by atoms with E-state index >= 15 is 0 Å². The molecule has 1 aliphatic heterocycles. The smallest absolute Gasteiger partial charge is 0.257 e. The van der Waals surface area contributed by atoms with Crippen LogP contribution in [-0.2, 0) is 6.42 Å². The molecule has 0 fully saturated rings. The first-order valence-corrected chi connectivity index (χ1v) is 9.72. The maximum absolute atomic E-state index is 12.7. The van der Waals surface area contributed by atoms with Gasteiger partial charge in [-0.2, -0.15) is 0 Å². The lowest BCUT2D eigenvalue weighted by Gasteiger charge is -2.31. The van der Waals surface area contributed by atoms with Gasteiger partial charge in [0.1, 0.15) is 17.0 Å². The molecule has 0 atom stereocenters. The van der Waals surface area contributed by atoms with E-state index in [1.54, 1.807) is 19.3 Å². The lowest BCUT2D eigenvalue weighted by atomic mass is 10.0. The average Bonchev–Trinajstić information content (AvgIpc) is 3.13. The van der Waals surface area contributed by atoms with Crippen LogP contribution in [0.2, 0.25) is 0 Å². The Morgan fingerprint density at radius 1 is 1.21 bits per heavy atom. The van der Waals surface area contributed by atoms with Crippen molar-refractivity contribution in [2.24, 2.45) is 0 Å². The van der Waals surface area contributed by atoms with E-state index in [0.29, 0.717) is 23.6 Å². The molecule has 4 rings (SSSR count). The van der Waals surface area contributed by atoms with Crippen LogP contribution in [0.4, 0.5) is 5.69 Å². The zero-order chi connectivity index (χ0) is 19.3. The number of benzene rings is 1. The molecule has 1 amide bonds. The van der Waals surface area contributed by atoms with E-state index in [4.69, 9.17) is 4.52 Å². The van der Waals surface area contributed by atoms with Gasteiger partial charge in [0, 0.05) is 43.3 Å². The van der Waals surface area contributed by atoms with Crippen LogP contribution in [0.1, 0.15) is 34.5 Å². The van der Waals surface area contributed by atoms with E-state index in [-0.39, 0.29) is 5.91 Å². The first kappa shape index (κ1) is 18.2. The molecule has 144 valence electrons. The van der Waals surface area contributed by atoms with Gasteiger partial charge in [0.15, 0.2) is 0 Å². The molecule has 28 heavy (non-hydrogen) atoms. The number of para-hydroxylation sites is 1. The van der Waals surface area contributed by atoms with Crippen LogP contribution in [0, 0.1) is 6.92 Å². The molecular formula is C22H24N4O2. The molecular weight excluding hydrogens is 352 g/mol. The van der Waals surface area contributed by atoms with Gasteiger partial charge in [0.05, 0.1) is 0 Å². The molecule has 3 heterocycles. The Morgan fingerprint density at radius 3 is 2.89 bits per heavy atom. The minimum Gasteiger partial charge on any atom is -0.371 e. The normalized spacial score (nSPS) is 13.2. The van der Waals surface area contributed by atoms with E-state index in [2.05, 4.69) is 44.6 Å². The van der Waals surface area contributed by atoms with Crippen LogP contribution in [0.25, 0.3) is 11.3 Å². The maximum Gasteiger partial charge on any atom is 0.257 e. The second-order valence-electron chi connectivity index (χ2n) is 7.03. The van der Waals surface area contributed by atoms with Crippen LogP contribution in [-0.4, -0.2) is 35.7 Å². The van der Waals surface area contributed by atoms with Crippen molar-refractivity contribution in [2.45, 2.75) is 26.2 Å². The highest BCUT2D eigenvalue weighted by atomic mass is 16.5. The first-order chi connectivity index (χ1) is 13.7. The Kier molecular flexibility index (Phi) is 5.37. The summed E-state index contributed by atoms with van der Waals surface area (Å²) in [4.78, 5) is 19.2. The third-order valence-corrected chi connectivity index (χ3v) is 5.14. The summed E-state index contributed by atoms with van der Waals surface area (Å²) in [6.45, 7) is 4.37. The fraction of sp³-hybridized carbons (Fsp3) is 0.318. The number of nitrogens with one attached hydrogen (secondary N) is 1. The van der Waals surface area contributed by atoms with Gasteiger partial charge in [0.2, 0.25) is 0 Å². The monoisotopic (exact) mass is 376 g/mol. The van der Waals surface area contributed by atoms with E-state index in [0.717, 1.165) is 31.5 Å². The summed E-state index contributed by atoms with van der Waals surface area (Å²) < 4.78 is 5.27. The number of aromatic nitrogens is 2. The molecule has 2 aromatic heterocycles. The van der Waals surface area contributed by atoms with E-state index < -0.39 is 0 Å². The largest absolute Gasteiger partial charge is 0.371 e. The molecule has 0 spiro atoms. The minimum atomic E-state index is -0.149. The van der Waals surface area contributed by atoms with Gasteiger partial charge in [-0.1, -0.05) is 23.4 Å². The standard InChI is InChI=1S/C22H24N4O2/c1-16-20(21(25-28-16)18-9-12-23-13-10-18)22(27)24-11-5-15-26-14-4-7-17-6-2-3-8-19(17)26/h2-3,6,8-10,12-13H,4-5,7,11,14-15H2,1H3,(H,24,27). The Balaban J connectivity index is 1.36. The first-order valence-electron chi connectivity index (χ1n) is 9.72. The number of aryl methyl sites for hydroxylation is 2. The third-order valence-electron chi connectivity index (χ3n) is 5.14. The van der Waals surface area contributed by atoms with Crippen molar-refractivity contribution in [3.05, 3.63) is 65.7 Å². The predicted octanol–water partition coefficient (Wildman–Crippen LogP) is 3.62. The van der Waals surface area contributed by atoms with Crippen molar-refractivity contribution in [1.29, 1.82) is 0 Å². The van der Waals surface area contributed by atoms with Gasteiger partial charge in [-0.3, -0.25) is 9.78 Å². The van der Waals surface area contributed by atoms with Crippen molar-refractivity contribution in [1.82, 2.24) is 15.5 Å². The molecule has 0 aliphatic carbocycles. The lowest BCUT2D eigenvalue weighted by molar-refractivity contribution is 0.0952. The zero-order valence-corrected chi connectivity index (χ0v) is 16.0. The fourth-order valence-electron chi connectivity index (χ4n) is 3.75. The molecule has 6 nitrogen and oxygen atoms in total. The number of fused-ring (bicyclic) bond motifs is 1. The fourth-order valence-corrected chi connectivity index (χ4v) is 3.75. The average molecular weight is 376 g/mol.